The van der Waals surface area contributed by atoms with E-state index in [4.69, 9.17) is 0 Å². The summed E-state index contributed by atoms with van der Waals surface area (Å²) < 4.78 is 40.7. The zero-order valence-electron chi connectivity index (χ0n) is 11.4. The first kappa shape index (κ1) is 16.0. The molecule has 2 atom stereocenters. The molecule has 2 aromatic rings. The normalized spacial score (nSPS) is 14.7. The van der Waals surface area contributed by atoms with Crippen molar-refractivity contribution in [1.82, 2.24) is 5.32 Å². The van der Waals surface area contributed by atoms with Crippen LogP contribution in [0.5, 0.6) is 0 Å². The smallest absolute Gasteiger partial charge is 0.296 e. The fourth-order valence-corrected chi connectivity index (χ4v) is 2.39. The number of nitrogens with one attached hydrogen (secondary N) is 1. The zero-order valence-corrected chi connectivity index (χ0v) is 12.9. The maximum atomic E-state index is 13.3. The van der Waals surface area contributed by atoms with Crippen LogP contribution >= 0.6 is 15.9 Å². The third kappa shape index (κ3) is 4.32. The van der Waals surface area contributed by atoms with E-state index in [-0.39, 0.29) is 5.56 Å². The predicted molar refractivity (Wildman–Crippen MR) is 80.9 cm³/mol. The average molecular weight is 358 g/mol. The average Bonchev–Trinajstić information content (AvgIpc) is 2.45. The molecule has 0 radical (unpaired) electrons. The third-order valence-electron chi connectivity index (χ3n) is 3.25. The Kier molecular flexibility index (Phi) is 5.06. The fourth-order valence-electron chi connectivity index (χ4n) is 2.12. The van der Waals surface area contributed by atoms with Gasteiger partial charge in [-0.15, -0.1) is 0 Å². The van der Waals surface area contributed by atoms with Gasteiger partial charge in [-0.2, -0.15) is 13.2 Å². The Morgan fingerprint density at radius 2 is 1.48 bits per heavy atom. The number of hydrogen-bond donors (Lipinski definition) is 1. The van der Waals surface area contributed by atoms with E-state index in [1.54, 1.807) is 37.3 Å². The maximum absolute atomic E-state index is 13.3. The van der Waals surface area contributed by atoms with Crippen LogP contribution in [0.25, 0.3) is 0 Å². The maximum Gasteiger partial charge on any atom is 0.407 e. The minimum atomic E-state index is -4.34. The number of benzene rings is 2. The number of halogens is 4. The summed E-state index contributed by atoms with van der Waals surface area (Å²) >= 11 is 3.31. The van der Waals surface area contributed by atoms with Crippen molar-refractivity contribution >= 4 is 15.9 Å². The van der Waals surface area contributed by atoms with E-state index in [9.17, 15) is 13.2 Å². The summed E-state index contributed by atoms with van der Waals surface area (Å²) in [7, 11) is 0. The molecule has 0 fully saturated rings. The van der Waals surface area contributed by atoms with Gasteiger partial charge in [0.1, 0.15) is 6.04 Å². The highest BCUT2D eigenvalue weighted by molar-refractivity contribution is 9.10. The summed E-state index contributed by atoms with van der Waals surface area (Å²) in [6.45, 7) is 1.73. The number of alkyl halides is 3. The lowest BCUT2D eigenvalue weighted by molar-refractivity contribution is -0.159. The van der Waals surface area contributed by atoms with Gasteiger partial charge in [-0.05, 0) is 30.2 Å². The van der Waals surface area contributed by atoms with Crippen molar-refractivity contribution in [2.75, 3.05) is 0 Å². The van der Waals surface area contributed by atoms with E-state index in [1.165, 1.54) is 12.1 Å². The molecule has 0 aliphatic carbocycles. The first-order valence-electron chi connectivity index (χ1n) is 6.51. The first-order valence-corrected chi connectivity index (χ1v) is 7.30. The van der Waals surface area contributed by atoms with E-state index in [0.29, 0.717) is 0 Å². The second kappa shape index (κ2) is 6.62. The Bertz CT molecular complexity index is 566. The molecule has 0 heterocycles. The van der Waals surface area contributed by atoms with Gasteiger partial charge in [0, 0.05) is 10.5 Å². The van der Waals surface area contributed by atoms with Gasteiger partial charge >= 0.3 is 6.18 Å². The van der Waals surface area contributed by atoms with Crippen molar-refractivity contribution < 1.29 is 13.2 Å². The quantitative estimate of drug-likeness (QED) is 0.771. The van der Waals surface area contributed by atoms with Gasteiger partial charge in [0.2, 0.25) is 0 Å². The second-order valence-corrected chi connectivity index (χ2v) is 5.74. The molecule has 2 unspecified atom stereocenters. The Balaban J connectivity index is 2.21. The summed E-state index contributed by atoms with van der Waals surface area (Å²) in [5.74, 6) is 0. The highest BCUT2D eigenvalue weighted by Crippen LogP contribution is 2.34. The highest BCUT2D eigenvalue weighted by atomic mass is 79.9. The molecule has 1 nitrogen and oxygen atoms in total. The van der Waals surface area contributed by atoms with Crippen molar-refractivity contribution in [3.63, 3.8) is 0 Å². The molecule has 2 aromatic carbocycles. The topological polar surface area (TPSA) is 12.0 Å². The van der Waals surface area contributed by atoms with Crippen molar-refractivity contribution in [3.05, 3.63) is 70.2 Å². The molecular weight excluding hydrogens is 343 g/mol. The number of rotatable bonds is 4. The van der Waals surface area contributed by atoms with Gasteiger partial charge in [-0.25, -0.2) is 0 Å². The van der Waals surface area contributed by atoms with Crippen molar-refractivity contribution in [1.29, 1.82) is 0 Å². The molecule has 0 saturated heterocycles. The second-order valence-electron chi connectivity index (χ2n) is 4.83. The SMILES string of the molecule is CC(NC(c1ccccc1)C(F)(F)F)c1ccc(Br)cc1. The predicted octanol–water partition coefficient (Wildman–Crippen LogP) is 5.40. The molecular formula is C16H15BrF3N. The lowest BCUT2D eigenvalue weighted by Crippen LogP contribution is -2.35. The molecule has 1 N–H and O–H groups in total. The van der Waals surface area contributed by atoms with Gasteiger partial charge in [0.15, 0.2) is 0 Å². The molecule has 0 bridgehead atoms. The minimum absolute atomic E-state index is 0.217. The van der Waals surface area contributed by atoms with Gasteiger partial charge in [0.25, 0.3) is 0 Å². The Labute approximate surface area is 130 Å². The van der Waals surface area contributed by atoms with Gasteiger partial charge < -0.3 is 0 Å². The van der Waals surface area contributed by atoms with Crippen LogP contribution in [0.15, 0.2) is 59.1 Å². The molecule has 0 aliphatic rings. The standard InChI is InChI=1S/C16H15BrF3N/c1-11(12-7-9-14(17)10-8-12)21-15(16(18,19)20)13-5-3-2-4-6-13/h2-11,15,21H,1H3. The first-order chi connectivity index (χ1) is 9.88. The molecule has 0 saturated carbocycles. The van der Waals surface area contributed by atoms with Gasteiger partial charge in [-0.1, -0.05) is 58.4 Å². The Hall–Kier alpha value is -1.33. The fraction of sp³-hybridized carbons (Fsp3) is 0.250. The van der Waals surface area contributed by atoms with Crippen molar-refractivity contribution in [2.45, 2.75) is 25.2 Å². The monoisotopic (exact) mass is 357 g/mol. The van der Waals surface area contributed by atoms with Crippen LogP contribution in [0.4, 0.5) is 13.2 Å². The van der Waals surface area contributed by atoms with Gasteiger partial charge in [0.05, 0.1) is 0 Å². The molecule has 0 spiro atoms. The highest BCUT2D eigenvalue weighted by Gasteiger charge is 2.41. The van der Waals surface area contributed by atoms with Gasteiger partial charge in [-0.3, -0.25) is 5.32 Å². The van der Waals surface area contributed by atoms with Crippen LogP contribution in [-0.4, -0.2) is 6.18 Å². The van der Waals surface area contributed by atoms with Crippen molar-refractivity contribution in [2.24, 2.45) is 0 Å². The molecule has 0 amide bonds. The Morgan fingerprint density at radius 3 is 2.00 bits per heavy atom. The van der Waals surface area contributed by atoms with Crippen LogP contribution in [0.2, 0.25) is 0 Å². The summed E-state index contributed by atoms with van der Waals surface area (Å²) in [5, 5.41) is 2.67. The molecule has 0 aromatic heterocycles. The lowest BCUT2D eigenvalue weighted by atomic mass is 10.0. The van der Waals surface area contributed by atoms with E-state index in [1.807, 2.05) is 12.1 Å². The molecule has 2 rings (SSSR count). The largest absolute Gasteiger partial charge is 0.407 e. The van der Waals surface area contributed by atoms with Crippen LogP contribution in [0.3, 0.4) is 0 Å². The zero-order chi connectivity index (χ0) is 15.5. The lowest BCUT2D eigenvalue weighted by Gasteiger charge is -2.26. The summed E-state index contributed by atoms with van der Waals surface area (Å²) in [6, 6.07) is 13.0. The van der Waals surface area contributed by atoms with Crippen LogP contribution in [-0.2, 0) is 0 Å². The number of hydrogen-bond acceptors (Lipinski definition) is 1. The minimum Gasteiger partial charge on any atom is -0.296 e. The van der Waals surface area contributed by atoms with E-state index in [0.717, 1.165) is 10.0 Å². The summed E-state index contributed by atoms with van der Waals surface area (Å²) in [4.78, 5) is 0. The molecule has 112 valence electrons. The Morgan fingerprint density at radius 1 is 0.905 bits per heavy atom. The summed E-state index contributed by atoms with van der Waals surface area (Å²) in [5.41, 5.74) is 1.03. The van der Waals surface area contributed by atoms with Crippen molar-refractivity contribution in [3.8, 4) is 0 Å². The van der Waals surface area contributed by atoms with E-state index >= 15 is 0 Å². The molecule has 21 heavy (non-hydrogen) atoms. The molecule has 0 aliphatic heterocycles. The third-order valence-corrected chi connectivity index (χ3v) is 3.78. The van der Waals surface area contributed by atoms with Crippen LogP contribution in [0.1, 0.15) is 30.1 Å². The van der Waals surface area contributed by atoms with Crippen LogP contribution in [0, 0.1) is 0 Å². The van der Waals surface area contributed by atoms with E-state index in [2.05, 4.69) is 21.2 Å². The summed E-state index contributed by atoms with van der Waals surface area (Å²) in [6.07, 6.45) is -4.34. The molecule has 5 heteroatoms. The van der Waals surface area contributed by atoms with Crippen LogP contribution < -0.4 is 5.32 Å². The van der Waals surface area contributed by atoms with E-state index < -0.39 is 18.3 Å².